The Hall–Kier alpha value is -1.19. The van der Waals surface area contributed by atoms with Crippen LogP contribution in [-0.4, -0.2) is 12.0 Å². The third-order valence-electron chi connectivity index (χ3n) is 3.27. The summed E-state index contributed by atoms with van der Waals surface area (Å²) in [5, 5.41) is 4.64. The Labute approximate surface area is 113 Å². The number of nitrogens with one attached hydrogen (secondary N) is 1. The number of hydrogen-bond donors (Lipinski definition) is 1. The first-order valence-electron chi connectivity index (χ1n) is 6.36. The average molecular weight is 260 g/mol. The van der Waals surface area contributed by atoms with Gasteiger partial charge in [0, 0.05) is 17.3 Å². The molecule has 2 rings (SSSR count). The zero-order valence-electron chi connectivity index (χ0n) is 11.2. The quantitative estimate of drug-likeness (QED) is 0.887. The molecule has 0 saturated carbocycles. The minimum absolute atomic E-state index is 0.413. The van der Waals surface area contributed by atoms with Crippen molar-refractivity contribution in [3.63, 3.8) is 0 Å². The molecule has 0 aliphatic rings. The summed E-state index contributed by atoms with van der Waals surface area (Å²) in [6.45, 7) is 4.23. The maximum absolute atomic E-state index is 4.60. The second kappa shape index (κ2) is 6.12. The molecular formula is C15H20N2S. The highest BCUT2D eigenvalue weighted by molar-refractivity contribution is 7.11. The van der Waals surface area contributed by atoms with Crippen molar-refractivity contribution in [3.8, 4) is 0 Å². The Morgan fingerprint density at radius 3 is 2.50 bits per heavy atom. The zero-order valence-corrected chi connectivity index (χ0v) is 12.1. The van der Waals surface area contributed by atoms with Crippen molar-refractivity contribution in [2.24, 2.45) is 0 Å². The SMILES string of the molecule is CNC(CCc1nc(C)c(C)s1)c1ccccc1. The number of hydrogen-bond acceptors (Lipinski definition) is 3. The van der Waals surface area contributed by atoms with Crippen molar-refractivity contribution in [2.75, 3.05) is 7.05 Å². The van der Waals surface area contributed by atoms with Crippen LogP contribution in [0.5, 0.6) is 0 Å². The molecule has 3 heteroatoms. The normalized spacial score (nSPS) is 12.6. The lowest BCUT2D eigenvalue weighted by Gasteiger charge is -2.15. The predicted octanol–water partition coefficient (Wildman–Crippen LogP) is 3.65. The summed E-state index contributed by atoms with van der Waals surface area (Å²) < 4.78 is 0. The highest BCUT2D eigenvalue weighted by Crippen LogP contribution is 2.22. The van der Waals surface area contributed by atoms with E-state index in [1.807, 2.05) is 18.4 Å². The molecule has 0 aliphatic carbocycles. The first kappa shape index (κ1) is 13.2. The topological polar surface area (TPSA) is 24.9 Å². The van der Waals surface area contributed by atoms with Crippen LogP contribution < -0.4 is 5.32 Å². The standard InChI is InChI=1S/C15H20N2S/c1-11-12(2)18-15(17-11)10-9-14(16-3)13-7-5-4-6-8-13/h4-8,14,16H,9-10H2,1-3H3. The van der Waals surface area contributed by atoms with Crippen LogP contribution in [0.3, 0.4) is 0 Å². The lowest BCUT2D eigenvalue weighted by Crippen LogP contribution is -2.16. The minimum atomic E-state index is 0.413. The molecule has 0 radical (unpaired) electrons. The molecule has 1 unspecified atom stereocenters. The summed E-state index contributed by atoms with van der Waals surface area (Å²) in [5.41, 5.74) is 2.53. The Morgan fingerprint density at radius 1 is 1.22 bits per heavy atom. The van der Waals surface area contributed by atoms with Gasteiger partial charge in [-0.05, 0) is 32.9 Å². The van der Waals surface area contributed by atoms with Crippen LogP contribution in [0.15, 0.2) is 30.3 Å². The van der Waals surface area contributed by atoms with Gasteiger partial charge in [0.15, 0.2) is 0 Å². The van der Waals surface area contributed by atoms with Crippen LogP contribution in [0.4, 0.5) is 0 Å². The minimum Gasteiger partial charge on any atom is -0.313 e. The number of rotatable bonds is 5. The van der Waals surface area contributed by atoms with Crippen LogP contribution in [0.1, 0.15) is 33.6 Å². The fourth-order valence-corrected chi connectivity index (χ4v) is 3.03. The van der Waals surface area contributed by atoms with Crippen molar-refractivity contribution in [1.29, 1.82) is 0 Å². The highest BCUT2D eigenvalue weighted by atomic mass is 32.1. The molecule has 1 atom stereocenters. The number of aromatic nitrogens is 1. The van der Waals surface area contributed by atoms with Gasteiger partial charge in [-0.15, -0.1) is 11.3 Å². The number of nitrogens with zero attached hydrogens (tertiary/aromatic N) is 1. The molecule has 96 valence electrons. The average Bonchev–Trinajstić information content (AvgIpc) is 2.71. The molecule has 0 amide bonds. The molecule has 0 aliphatic heterocycles. The fraction of sp³-hybridized carbons (Fsp3) is 0.400. The van der Waals surface area contributed by atoms with Gasteiger partial charge >= 0.3 is 0 Å². The third-order valence-corrected chi connectivity index (χ3v) is 4.40. The summed E-state index contributed by atoms with van der Waals surface area (Å²) in [6.07, 6.45) is 2.13. The van der Waals surface area contributed by atoms with Crippen molar-refractivity contribution in [3.05, 3.63) is 51.5 Å². The second-order valence-electron chi connectivity index (χ2n) is 4.54. The van der Waals surface area contributed by atoms with Crippen molar-refractivity contribution in [1.82, 2.24) is 10.3 Å². The molecule has 2 aromatic rings. The second-order valence-corrected chi connectivity index (χ2v) is 5.83. The molecule has 1 aromatic heterocycles. The van der Waals surface area contributed by atoms with Crippen LogP contribution in [-0.2, 0) is 6.42 Å². The maximum atomic E-state index is 4.60. The molecule has 1 aromatic carbocycles. The van der Waals surface area contributed by atoms with E-state index in [1.54, 1.807) is 0 Å². The first-order valence-corrected chi connectivity index (χ1v) is 7.17. The monoisotopic (exact) mass is 260 g/mol. The summed E-state index contributed by atoms with van der Waals surface area (Å²) in [7, 11) is 2.02. The lowest BCUT2D eigenvalue weighted by atomic mass is 10.0. The Morgan fingerprint density at radius 2 is 1.94 bits per heavy atom. The Kier molecular flexibility index (Phi) is 4.50. The van der Waals surface area contributed by atoms with E-state index < -0.39 is 0 Å². The molecule has 0 saturated heterocycles. The first-order chi connectivity index (χ1) is 8.70. The van der Waals surface area contributed by atoms with Gasteiger partial charge < -0.3 is 5.32 Å². The molecule has 0 bridgehead atoms. The Bertz CT molecular complexity index is 471. The van der Waals surface area contributed by atoms with Crippen molar-refractivity contribution in [2.45, 2.75) is 32.7 Å². The summed E-state index contributed by atoms with van der Waals surface area (Å²) in [6, 6.07) is 11.0. The van der Waals surface area contributed by atoms with E-state index >= 15 is 0 Å². The molecule has 2 nitrogen and oxygen atoms in total. The van der Waals surface area contributed by atoms with Gasteiger partial charge in [0.2, 0.25) is 0 Å². The van der Waals surface area contributed by atoms with Gasteiger partial charge in [0.05, 0.1) is 10.7 Å². The van der Waals surface area contributed by atoms with Gasteiger partial charge in [0.25, 0.3) is 0 Å². The van der Waals surface area contributed by atoms with E-state index in [0.717, 1.165) is 12.8 Å². The Balaban J connectivity index is 1.99. The number of benzene rings is 1. The van der Waals surface area contributed by atoms with Gasteiger partial charge in [-0.2, -0.15) is 0 Å². The number of aryl methyl sites for hydroxylation is 3. The van der Waals surface area contributed by atoms with E-state index in [-0.39, 0.29) is 0 Å². The molecule has 1 N–H and O–H groups in total. The molecular weight excluding hydrogens is 240 g/mol. The predicted molar refractivity (Wildman–Crippen MR) is 78.2 cm³/mol. The summed E-state index contributed by atoms with van der Waals surface area (Å²) in [5.74, 6) is 0. The lowest BCUT2D eigenvalue weighted by molar-refractivity contribution is 0.548. The fourth-order valence-electron chi connectivity index (χ4n) is 2.08. The number of thiazole rings is 1. The summed E-state index contributed by atoms with van der Waals surface area (Å²) >= 11 is 1.82. The molecule has 18 heavy (non-hydrogen) atoms. The van der Waals surface area contributed by atoms with E-state index in [1.165, 1.54) is 21.1 Å². The van der Waals surface area contributed by atoms with Crippen LogP contribution >= 0.6 is 11.3 Å². The maximum Gasteiger partial charge on any atom is 0.0931 e. The van der Waals surface area contributed by atoms with Gasteiger partial charge in [-0.25, -0.2) is 4.98 Å². The van der Waals surface area contributed by atoms with Crippen molar-refractivity contribution >= 4 is 11.3 Å². The molecule has 0 fully saturated rings. The largest absolute Gasteiger partial charge is 0.313 e. The van der Waals surface area contributed by atoms with E-state index in [9.17, 15) is 0 Å². The molecule has 1 heterocycles. The molecule has 0 spiro atoms. The van der Waals surface area contributed by atoms with E-state index in [0.29, 0.717) is 6.04 Å². The van der Waals surface area contributed by atoms with Crippen LogP contribution in [0, 0.1) is 13.8 Å². The zero-order chi connectivity index (χ0) is 13.0. The van der Waals surface area contributed by atoms with Gasteiger partial charge in [-0.3, -0.25) is 0 Å². The van der Waals surface area contributed by atoms with Crippen LogP contribution in [0.2, 0.25) is 0 Å². The summed E-state index contributed by atoms with van der Waals surface area (Å²) in [4.78, 5) is 5.94. The third kappa shape index (κ3) is 3.18. The van der Waals surface area contributed by atoms with Crippen molar-refractivity contribution < 1.29 is 0 Å². The van der Waals surface area contributed by atoms with E-state index in [2.05, 4.69) is 54.5 Å². The smallest absolute Gasteiger partial charge is 0.0931 e. The van der Waals surface area contributed by atoms with Gasteiger partial charge in [-0.1, -0.05) is 30.3 Å². The highest BCUT2D eigenvalue weighted by Gasteiger charge is 2.10. The van der Waals surface area contributed by atoms with E-state index in [4.69, 9.17) is 0 Å². The van der Waals surface area contributed by atoms with Gasteiger partial charge in [0.1, 0.15) is 0 Å². The van der Waals surface area contributed by atoms with Crippen LogP contribution in [0.25, 0.3) is 0 Å².